The summed E-state index contributed by atoms with van der Waals surface area (Å²) in [5, 5.41) is 0. The molecule has 1 aliphatic heterocycles. The van der Waals surface area contributed by atoms with Gasteiger partial charge in [-0.25, -0.2) is 4.79 Å². The summed E-state index contributed by atoms with van der Waals surface area (Å²) in [6, 6.07) is 3.74. The third-order valence-electron chi connectivity index (χ3n) is 4.03. The number of ether oxygens (including phenoxy) is 3. The second-order valence-electron chi connectivity index (χ2n) is 5.22. The van der Waals surface area contributed by atoms with Gasteiger partial charge in [0, 0.05) is 18.7 Å². The van der Waals surface area contributed by atoms with Crippen molar-refractivity contribution in [1.82, 2.24) is 4.90 Å². The number of nitrogens with zero attached hydrogens (tertiary/aromatic N) is 1. The van der Waals surface area contributed by atoms with Crippen molar-refractivity contribution < 1.29 is 23.8 Å². The van der Waals surface area contributed by atoms with Gasteiger partial charge in [0.1, 0.15) is 0 Å². The molecule has 1 aromatic carbocycles. The molecule has 0 aliphatic carbocycles. The Morgan fingerprint density at radius 1 is 1.13 bits per heavy atom. The molecule has 1 unspecified atom stereocenters. The average Bonchev–Trinajstić information content (AvgIpc) is 2.58. The van der Waals surface area contributed by atoms with Gasteiger partial charge in [-0.1, -0.05) is 0 Å². The number of esters is 1. The highest BCUT2D eigenvalue weighted by molar-refractivity contribution is 5.94. The average molecular weight is 319 g/mol. The molecule has 1 aliphatic rings. The number of methoxy groups -OCH3 is 3. The summed E-state index contributed by atoms with van der Waals surface area (Å²) in [7, 11) is 4.46. The molecule has 6 nitrogen and oxygen atoms in total. The summed E-state index contributed by atoms with van der Waals surface area (Å²) in [6.45, 7) is 2.53. The molecule has 0 saturated heterocycles. The maximum Gasteiger partial charge on any atom is 0.330 e. The standard InChI is InChI=1S/C17H21NO5/c1-11-13-10-15(22-3)14(21-2)9-12(13)7-8-18(11)16(19)5-6-17(20)23-4/h5-6,9-11H,7-8H2,1-4H3/b6-5+. The minimum absolute atomic E-state index is 0.117. The lowest BCUT2D eigenvalue weighted by Gasteiger charge is -2.35. The third kappa shape index (κ3) is 3.47. The van der Waals surface area contributed by atoms with E-state index in [1.54, 1.807) is 19.1 Å². The van der Waals surface area contributed by atoms with E-state index in [0.29, 0.717) is 18.0 Å². The SMILES string of the molecule is COC(=O)/C=C/C(=O)N1CCc2cc(OC)c(OC)cc2C1C. The summed E-state index contributed by atoms with van der Waals surface area (Å²) in [4.78, 5) is 25.1. The maximum atomic E-state index is 12.3. The highest BCUT2D eigenvalue weighted by Crippen LogP contribution is 2.37. The van der Waals surface area contributed by atoms with Gasteiger partial charge in [0.15, 0.2) is 11.5 Å². The predicted octanol–water partition coefficient (Wildman–Crippen LogP) is 1.88. The molecular formula is C17H21NO5. The molecular weight excluding hydrogens is 298 g/mol. The second kappa shape index (κ2) is 7.17. The lowest BCUT2D eigenvalue weighted by atomic mass is 9.92. The van der Waals surface area contributed by atoms with Crippen LogP contribution < -0.4 is 9.47 Å². The van der Waals surface area contributed by atoms with Crippen molar-refractivity contribution in [2.75, 3.05) is 27.9 Å². The maximum absolute atomic E-state index is 12.3. The van der Waals surface area contributed by atoms with E-state index >= 15 is 0 Å². The monoisotopic (exact) mass is 319 g/mol. The van der Waals surface area contributed by atoms with Crippen LogP contribution in [0.3, 0.4) is 0 Å². The fraction of sp³-hybridized carbons (Fsp3) is 0.412. The van der Waals surface area contributed by atoms with Crippen molar-refractivity contribution in [2.45, 2.75) is 19.4 Å². The number of carbonyl (C=O) groups is 2. The summed E-state index contributed by atoms with van der Waals surface area (Å²) >= 11 is 0. The number of hydrogen-bond acceptors (Lipinski definition) is 5. The zero-order chi connectivity index (χ0) is 17.0. The quantitative estimate of drug-likeness (QED) is 0.626. The van der Waals surface area contributed by atoms with Gasteiger partial charge in [-0.3, -0.25) is 4.79 Å². The highest BCUT2D eigenvalue weighted by atomic mass is 16.5. The zero-order valence-corrected chi connectivity index (χ0v) is 13.8. The van der Waals surface area contributed by atoms with Gasteiger partial charge in [-0.15, -0.1) is 0 Å². The van der Waals surface area contributed by atoms with Crippen LogP contribution in [0.5, 0.6) is 11.5 Å². The molecule has 23 heavy (non-hydrogen) atoms. The van der Waals surface area contributed by atoms with Crippen molar-refractivity contribution in [3.8, 4) is 11.5 Å². The van der Waals surface area contributed by atoms with Crippen molar-refractivity contribution in [3.63, 3.8) is 0 Å². The Morgan fingerprint density at radius 2 is 1.78 bits per heavy atom. The number of fused-ring (bicyclic) bond motifs is 1. The number of benzene rings is 1. The van der Waals surface area contributed by atoms with Gasteiger partial charge >= 0.3 is 5.97 Å². The Balaban J connectivity index is 2.26. The van der Waals surface area contributed by atoms with Crippen LogP contribution >= 0.6 is 0 Å². The molecule has 1 aromatic rings. The second-order valence-corrected chi connectivity index (χ2v) is 5.22. The van der Waals surface area contributed by atoms with Crippen molar-refractivity contribution in [2.24, 2.45) is 0 Å². The van der Waals surface area contributed by atoms with Crippen molar-refractivity contribution in [3.05, 3.63) is 35.4 Å². The van der Waals surface area contributed by atoms with Crippen LogP contribution in [0.25, 0.3) is 0 Å². The van der Waals surface area contributed by atoms with E-state index < -0.39 is 5.97 Å². The Bertz CT molecular complexity index is 638. The van der Waals surface area contributed by atoms with E-state index in [1.165, 1.54) is 13.2 Å². The van der Waals surface area contributed by atoms with Gasteiger partial charge in [0.2, 0.25) is 5.91 Å². The Labute approximate surface area is 135 Å². The smallest absolute Gasteiger partial charge is 0.330 e. The Hall–Kier alpha value is -2.50. The van der Waals surface area contributed by atoms with Crippen LogP contribution in [-0.4, -0.2) is 44.7 Å². The molecule has 0 N–H and O–H groups in total. The zero-order valence-electron chi connectivity index (χ0n) is 13.8. The minimum Gasteiger partial charge on any atom is -0.493 e. The van der Waals surface area contributed by atoms with E-state index in [2.05, 4.69) is 4.74 Å². The first kappa shape index (κ1) is 16.9. The topological polar surface area (TPSA) is 65.1 Å². The van der Waals surface area contributed by atoms with Crippen LogP contribution in [0.15, 0.2) is 24.3 Å². The third-order valence-corrected chi connectivity index (χ3v) is 4.03. The molecule has 0 aromatic heterocycles. The van der Waals surface area contributed by atoms with E-state index in [4.69, 9.17) is 9.47 Å². The number of amides is 1. The van der Waals surface area contributed by atoms with Crippen molar-refractivity contribution >= 4 is 11.9 Å². The van der Waals surface area contributed by atoms with Gasteiger partial charge in [0.25, 0.3) is 0 Å². The number of rotatable bonds is 4. The van der Waals surface area contributed by atoms with Crippen LogP contribution in [0.4, 0.5) is 0 Å². The Kier molecular flexibility index (Phi) is 5.26. The van der Waals surface area contributed by atoms with Gasteiger partial charge in [-0.05, 0) is 36.6 Å². The van der Waals surface area contributed by atoms with Crippen LogP contribution in [0.1, 0.15) is 24.1 Å². The normalized spacial score (nSPS) is 16.9. The van der Waals surface area contributed by atoms with Gasteiger partial charge < -0.3 is 19.1 Å². The molecule has 0 bridgehead atoms. The lowest BCUT2D eigenvalue weighted by molar-refractivity contribution is -0.135. The first-order chi connectivity index (χ1) is 11.0. The molecule has 2 rings (SSSR count). The fourth-order valence-corrected chi connectivity index (χ4v) is 2.75. The number of hydrogen-bond donors (Lipinski definition) is 0. The summed E-state index contributed by atoms with van der Waals surface area (Å²) in [6.07, 6.45) is 3.10. The molecule has 1 amide bonds. The van der Waals surface area contributed by atoms with Gasteiger partial charge in [-0.2, -0.15) is 0 Å². The molecule has 0 saturated carbocycles. The molecule has 124 valence electrons. The summed E-state index contributed by atoms with van der Waals surface area (Å²) in [5.74, 6) is 0.555. The number of carbonyl (C=O) groups excluding carboxylic acids is 2. The van der Waals surface area contributed by atoms with Crippen LogP contribution in [0, 0.1) is 0 Å². The lowest BCUT2D eigenvalue weighted by Crippen LogP contribution is -2.38. The van der Waals surface area contributed by atoms with E-state index in [1.807, 2.05) is 19.1 Å². The summed E-state index contributed by atoms with van der Waals surface area (Å²) in [5.41, 5.74) is 2.16. The summed E-state index contributed by atoms with van der Waals surface area (Å²) < 4.78 is 15.2. The molecule has 1 atom stereocenters. The molecule has 0 radical (unpaired) electrons. The predicted molar refractivity (Wildman–Crippen MR) is 84.5 cm³/mol. The highest BCUT2D eigenvalue weighted by Gasteiger charge is 2.28. The van der Waals surface area contributed by atoms with E-state index in [0.717, 1.165) is 23.6 Å². The van der Waals surface area contributed by atoms with E-state index in [-0.39, 0.29) is 11.9 Å². The Morgan fingerprint density at radius 3 is 2.39 bits per heavy atom. The molecule has 0 fully saturated rings. The minimum atomic E-state index is -0.546. The van der Waals surface area contributed by atoms with Crippen molar-refractivity contribution in [1.29, 1.82) is 0 Å². The molecule has 6 heteroatoms. The molecule has 0 spiro atoms. The fourth-order valence-electron chi connectivity index (χ4n) is 2.75. The van der Waals surface area contributed by atoms with E-state index in [9.17, 15) is 9.59 Å². The van der Waals surface area contributed by atoms with Crippen LogP contribution in [-0.2, 0) is 20.7 Å². The molecule has 1 heterocycles. The van der Waals surface area contributed by atoms with Crippen LogP contribution in [0.2, 0.25) is 0 Å². The first-order valence-electron chi connectivity index (χ1n) is 7.33. The first-order valence-corrected chi connectivity index (χ1v) is 7.33. The largest absolute Gasteiger partial charge is 0.493 e. The van der Waals surface area contributed by atoms with Gasteiger partial charge in [0.05, 0.1) is 27.4 Å².